The van der Waals surface area contributed by atoms with E-state index in [9.17, 15) is 0 Å². The van der Waals surface area contributed by atoms with Gasteiger partial charge in [-0.15, -0.1) is 0 Å². The standard InChI is InChI=1S/C14H17N3/c1-10-3-2-4-12(7-10)17-14-13-9-15-6-5-11(13)8-16-14/h2-4,7,15H,5-6,8-9H2,1H3,(H,16,17). The number of rotatable bonds is 1. The van der Waals surface area contributed by atoms with Crippen LogP contribution in [0.3, 0.4) is 0 Å². The quantitative estimate of drug-likeness (QED) is 0.771. The smallest absolute Gasteiger partial charge is 0.130 e. The van der Waals surface area contributed by atoms with Gasteiger partial charge in [0.1, 0.15) is 5.84 Å². The molecule has 2 heterocycles. The number of aliphatic imine (C=N–C) groups is 1. The Labute approximate surface area is 102 Å². The van der Waals surface area contributed by atoms with Crippen molar-refractivity contribution in [2.45, 2.75) is 13.3 Å². The average molecular weight is 227 g/mol. The highest BCUT2D eigenvalue weighted by atomic mass is 15.0. The minimum Gasteiger partial charge on any atom is -0.340 e. The maximum absolute atomic E-state index is 4.60. The van der Waals surface area contributed by atoms with Gasteiger partial charge < -0.3 is 10.6 Å². The molecule has 2 N–H and O–H groups in total. The van der Waals surface area contributed by atoms with Crippen molar-refractivity contribution in [3.05, 3.63) is 41.0 Å². The van der Waals surface area contributed by atoms with Crippen LogP contribution < -0.4 is 10.6 Å². The molecule has 0 saturated carbocycles. The van der Waals surface area contributed by atoms with E-state index in [0.717, 1.165) is 37.6 Å². The summed E-state index contributed by atoms with van der Waals surface area (Å²) in [5.74, 6) is 1.05. The second-order valence-corrected chi connectivity index (χ2v) is 4.67. The van der Waals surface area contributed by atoms with Gasteiger partial charge in [0, 0.05) is 17.8 Å². The molecule has 0 radical (unpaired) electrons. The van der Waals surface area contributed by atoms with Crippen molar-refractivity contribution in [2.75, 3.05) is 25.0 Å². The number of hydrogen-bond acceptors (Lipinski definition) is 3. The van der Waals surface area contributed by atoms with Crippen LogP contribution in [-0.2, 0) is 0 Å². The molecule has 0 spiro atoms. The first-order valence-electron chi connectivity index (χ1n) is 6.13. The molecule has 3 rings (SSSR count). The molecule has 0 atom stereocenters. The highest BCUT2D eigenvalue weighted by molar-refractivity contribution is 6.10. The van der Waals surface area contributed by atoms with Crippen molar-refractivity contribution in [1.29, 1.82) is 0 Å². The van der Waals surface area contributed by atoms with Gasteiger partial charge in [0.2, 0.25) is 0 Å². The van der Waals surface area contributed by atoms with Gasteiger partial charge in [-0.05, 0) is 43.2 Å². The fourth-order valence-corrected chi connectivity index (χ4v) is 2.40. The van der Waals surface area contributed by atoms with E-state index in [1.54, 1.807) is 0 Å². The van der Waals surface area contributed by atoms with E-state index in [1.165, 1.54) is 16.7 Å². The number of hydrogen-bond donors (Lipinski definition) is 2. The van der Waals surface area contributed by atoms with E-state index >= 15 is 0 Å². The van der Waals surface area contributed by atoms with Crippen LogP contribution in [0.4, 0.5) is 5.69 Å². The van der Waals surface area contributed by atoms with Crippen molar-refractivity contribution in [3.8, 4) is 0 Å². The third-order valence-corrected chi connectivity index (χ3v) is 3.33. The molecule has 0 bridgehead atoms. The Kier molecular flexibility index (Phi) is 2.69. The molecule has 0 aliphatic carbocycles. The second kappa shape index (κ2) is 4.34. The van der Waals surface area contributed by atoms with Gasteiger partial charge >= 0.3 is 0 Å². The summed E-state index contributed by atoms with van der Waals surface area (Å²) in [5.41, 5.74) is 5.27. The number of benzene rings is 1. The lowest BCUT2D eigenvalue weighted by molar-refractivity contribution is 0.691. The fourth-order valence-electron chi connectivity index (χ4n) is 2.40. The predicted octanol–water partition coefficient (Wildman–Crippen LogP) is 2.11. The van der Waals surface area contributed by atoms with Crippen LogP contribution in [0.5, 0.6) is 0 Å². The van der Waals surface area contributed by atoms with Gasteiger partial charge in [0.05, 0.1) is 6.54 Å². The van der Waals surface area contributed by atoms with Gasteiger partial charge in [0.25, 0.3) is 0 Å². The highest BCUT2D eigenvalue weighted by Gasteiger charge is 2.21. The first-order valence-corrected chi connectivity index (χ1v) is 6.13. The highest BCUT2D eigenvalue weighted by Crippen LogP contribution is 2.22. The van der Waals surface area contributed by atoms with Crippen LogP contribution in [0.25, 0.3) is 0 Å². The molecule has 1 aromatic carbocycles. The zero-order valence-electron chi connectivity index (χ0n) is 10.1. The lowest BCUT2D eigenvalue weighted by atomic mass is 10.0. The summed E-state index contributed by atoms with van der Waals surface area (Å²) in [6.45, 7) is 5.03. The molecule has 1 aromatic rings. The van der Waals surface area contributed by atoms with E-state index in [1.807, 2.05) is 0 Å². The zero-order valence-corrected chi connectivity index (χ0v) is 10.1. The number of anilines is 1. The molecule has 0 amide bonds. The molecule has 3 nitrogen and oxygen atoms in total. The molecule has 0 aromatic heterocycles. The lowest BCUT2D eigenvalue weighted by Gasteiger charge is -2.17. The summed E-state index contributed by atoms with van der Waals surface area (Å²) < 4.78 is 0. The SMILES string of the molecule is Cc1cccc(NC2=NCC3=C2CNCC3)c1. The van der Waals surface area contributed by atoms with Gasteiger partial charge in [-0.25, -0.2) is 0 Å². The topological polar surface area (TPSA) is 36.4 Å². The normalized spacial score (nSPS) is 19.0. The van der Waals surface area contributed by atoms with Crippen LogP contribution in [0.2, 0.25) is 0 Å². The molecule has 0 saturated heterocycles. The van der Waals surface area contributed by atoms with Crippen molar-refractivity contribution in [3.63, 3.8) is 0 Å². The molecule has 0 unspecified atom stereocenters. The Bertz CT molecular complexity index is 500. The molecule has 3 heteroatoms. The molecular weight excluding hydrogens is 210 g/mol. The first kappa shape index (κ1) is 10.5. The van der Waals surface area contributed by atoms with Gasteiger partial charge in [-0.1, -0.05) is 12.1 Å². The Morgan fingerprint density at radius 3 is 3.18 bits per heavy atom. The third-order valence-electron chi connectivity index (χ3n) is 3.33. The minimum absolute atomic E-state index is 0.880. The van der Waals surface area contributed by atoms with Crippen molar-refractivity contribution in [1.82, 2.24) is 5.32 Å². The maximum atomic E-state index is 4.60. The van der Waals surface area contributed by atoms with E-state index < -0.39 is 0 Å². The van der Waals surface area contributed by atoms with Crippen LogP contribution in [-0.4, -0.2) is 25.5 Å². The Balaban J connectivity index is 1.80. The largest absolute Gasteiger partial charge is 0.340 e. The molecule has 17 heavy (non-hydrogen) atoms. The summed E-state index contributed by atoms with van der Waals surface area (Å²) >= 11 is 0. The first-order chi connectivity index (χ1) is 8.33. The summed E-state index contributed by atoms with van der Waals surface area (Å²) in [4.78, 5) is 4.60. The Morgan fingerprint density at radius 1 is 1.35 bits per heavy atom. The number of aryl methyl sites for hydroxylation is 1. The molecule has 88 valence electrons. The number of nitrogens with zero attached hydrogens (tertiary/aromatic N) is 1. The number of nitrogens with one attached hydrogen (secondary N) is 2. The fraction of sp³-hybridized carbons (Fsp3) is 0.357. The van der Waals surface area contributed by atoms with Crippen molar-refractivity contribution in [2.24, 2.45) is 4.99 Å². The Hall–Kier alpha value is -1.61. The van der Waals surface area contributed by atoms with Gasteiger partial charge in [-0.3, -0.25) is 4.99 Å². The maximum Gasteiger partial charge on any atom is 0.130 e. The molecule has 2 aliphatic heterocycles. The van der Waals surface area contributed by atoms with Gasteiger partial charge in [-0.2, -0.15) is 0 Å². The average Bonchev–Trinajstić information content (AvgIpc) is 2.73. The third kappa shape index (κ3) is 2.11. The summed E-state index contributed by atoms with van der Waals surface area (Å²) in [5, 5.41) is 6.84. The van der Waals surface area contributed by atoms with E-state index in [0.29, 0.717) is 0 Å². The van der Waals surface area contributed by atoms with E-state index in [2.05, 4.69) is 46.8 Å². The van der Waals surface area contributed by atoms with Gasteiger partial charge in [0.15, 0.2) is 0 Å². The van der Waals surface area contributed by atoms with Crippen LogP contribution in [0.15, 0.2) is 40.4 Å². The molecule has 0 fully saturated rings. The van der Waals surface area contributed by atoms with Crippen LogP contribution >= 0.6 is 0 Å². The molecule has 2 aliphatic rings. The monoisotopic (exact) mass is 227 g/mol. The zero-order chi connectivity index (χ0) is 11.7. The van der Waals surface area contributed by atoms with Crippen LogP contribution in [0, 0.1) is 6.92 Å². The summed E-state index contributed by atoms with van der Waals surface area (Å²) in [7, 11) is 0. The van der Waals surface area contributed by atoms with Crippen molar-refractivity contribution < 1.29 is 0 Å². The lowest BCUT2D eigenvalue weighted by Crippen LogP contribution is -2.29. The molecular formula is C14H17N3. The minimum atomic E-state index is 0.880. The van der Waals surface area contributed by atoms with E-state index in [-0.39, 0.29) is 0 Å². The van der Waals surface area contributed by atoms with Crippen molar-refractivity contribution >= 4 is 11.5 Å². The Morgan fingerprint density at radius 2 is 2.29 bits per heavy atom. The number of amidine groups is 1. The second-order valence-electron chi connectivity index (χ2n) is 4.67. The summed E-state index contributed by atoms with van der Waals surface area (Å²) in [6, 6.07) is 8.41. The van der Waals surface area contributed by atoms with Crippen LogP contribution in [0.1, 0.15) is 12.0 Å². The summed E-state index contributed by atoms with van der Waals surface area (Å²) in [6.07, 6.45) is 1.14. The predicted molar refractivity (Wildman–Crippen MR) is 71.6 cm³/mol. The van der Waals surface area contributed by atoms with E-state index in [4.69, 9.17) is 0 Å².